The normalized spacial score (nSPS) is 24.9. The molecule has 3 rings (SSSR count). The molecule has 6 nitrogen and oxygen atoms in total. The fraction of sp³-hybridized carbons (Fsp3) is 0.636. The highest BCUT2D eigenvalue weighted by Crippen LogP contribution is 2.23. The Labute approximate surface area is 168 Å². The number of benzene rings is 1. The predicted octanol–water partition coefficient (Wildman–Crippen LogP) is 3.07. The average Bonchev–Trinajstić information content (AvgIpc) is 3.17. The first-order chi connectivity index (χ1) is 13.6. The highest BCUT2D eigenvalue weighted by molar-refractivity contribution is 5.95. The molecule has 6 heteroatoms. The van der Waals surface area contributed by atoms with Crippen LogP contribution in [0.4, 0.5) is 4.79 Å². The third-order valence-electron chi connectivity index (χ3n) is 5.78. The second-order valence-electron chi connectivity index (χ2n) is 8.18. The first-order valence-corrected chi connectivity index (χ1v) is 10.6. The molecule has 1 aromatic rings. The van der Waals surface area contributed by atoms with Gasteiger partial charge in [-0.05, 0) is 37.2 Å². The summed E-state index contributed by atoms with van der Waals surface area (Å²) in [6.45, 7) is 4.49. The van der Waals surface area contributed by atoms with Gasteiger partial charge in [-0.2, -0.15) is 0 Å². The van der Waals surface area contributed by atoms with Crippen LogP contribution in [0.3, 0.4) is 0 Å². The Morgan fingerprint density at radius 3 is 2.61 bits per heavy atom. The number of ether oxygens (including phenoxy) is 1. The van der Waals surface area contributed by atoms with Crippen LogP contribution >= 0.6 is 0 Å². The second-order valence-corrected chi connectivity index (χ2v) is 8.18. The van der Waals surface area contributed by atoms with Crippen molar-refractivity contribution in [1.29, 1.82) is 0 Å². The van der Waals surface area contributed by atoms with Crippen LogP contribution in [0.1, 0.15) is 51.0 Å². The van der Waals surface area contributed by atoms with Gasteiger partial charge in [-0.15, -0.1) is 0 Å². The molecule has 3 amide bonds. The molecule has 3 atom stereocenters. The van der Waals surface area contributed by atoms with E-state index in [0.717, 1.165) is 44.3 Å². The molecule has 2 N–H and O–H groups in total. The summed E-state index contributed by atoms with van der Waals surface area (Å²) >= 11 is 0. The van der Waals surface area contributed by atoms with Gasteiger partial charge in [-0.3, -0.25) is 15.0 Å². The Kier molecular flexibility index (Phi) is 7.86. The van der Waals surface area contributed by atoms with E-state index in [1.165, 1.54) is 6.42 Å². The van der Waals surface area contributed by atoms with Gasteiger partial charge >= 0.3 is 6.03 Å². The fourth-order valence-corrected chi connectivity index (χ4v) is 4.21. The number of nitrogens with one attached hydrogen (secondary N) is 2. The Hall–Kier alpha value is -1.92. The number of amides is 3. The first kappa shape index (κ1) is 20.8. The summed E-state index contributed by atoms with van der Waals surface area (Å²) < 4.78 is 5.74. The lowest BCUT2D eigenvalue weighted by atomic mass is 9.86. The monoisotopic (exact) mass is 387 g/mol. The summed E-state index contributed by atoms with van der Waals surface area (Å²) in [4.78, 5) is 26.8. The summed E-state index contributed by atoms with van der Waals surface area (Å²) in [5.41, 5.74) is 1.15. The number of hydrogen-bond donors (Lipinski definition) is 2. The fourth-order valence-electron chi connectivity index (χ4n) is 4.21. The topological polar surface area (TPSA) is 70.7 Å². The van der Waals surface area contributed by atoms with Gasteiger partial charge in [0.05, 0.1) is 12.6 Å². The summed E-state index contributed by atoms with van der Waals surface area (Å²) in [7, 11) is 0. The minimum absolute atomic E-state index is 0.161. The van der Waals surface area contributed by atoms with E-state index >= 15 is 0 Å². The molecular weight excluding hydrogens is 354 g/mol. The van der Waals surface area contributed by atoms with Crippen LogP contribution in [0.15, 0.2) is 30.3 Å². The molecule has 0 spiro atoms. The maximum absolute atomic E-state index is 12.5. The maximum Gasteiger partial charge on any atom is 0.321 e. The molecule has 0 radical (unpaired) electrons. The third kappa shape index (κ3) is 6.60. The molecular formula is C22H33N3O3. The largest absolute Gasteiger partial charge is 0.377 e. The number of hydrogen-bond acceptors (Lipinski definition) is 4. The van der Waals surface area contributed by atoms with Gasteiger partial charge in [0.15, 0.2) is 0 Å². The van der Waals surface area contributed by atoms with Crippen molar-refractivity contribution in [1.82, 2.24) is 15.5 Å². The van der Waals surface area contributed by atoms with Crippen LogP contribution in [0, 0.1) is 5.92 Å². The molecule has 1 saturated carbocycles. The second kappa shape index (κ2) is 10.6. The first-order valence-electron chi connectivity index (χ1n) is 10.6. The zero-order valence-corrected chi connectivity index (χ0v) is 16.9. The van der Waals surface area contributed by atoms with Crippen molar-refractivity contribution in [2.45, 2.75) is 64.1 Å². The number of urea groups is 1. The average molecular weight is 388 g/mol. The molecule has 1 aliphatic carbocycles. The summed E-state index contributed by atoms with van der Waals surface area (Å²) in [5, 5.41) is 5.50. The molecule has 1 aromatic carbocycles. The summed E-state index contributed by atoms with van der Waals surface area (Å²) in [6, 6.07) is 9.87. The van der Waals surface area contributed by atoms with E-state index in [9.17, 15) is 9.59 Å². The van der Waals surface area contributed by atoms with Gasteiger partial charge in [0, 0.05) is 25.7 Å². The Balaban J connectivity index is 1.51. The number of imide groups is 1. The van der Waals surface area contributed by atoms with Crippen molar-refractivity contribution in [3.05, 3.63) is 35.9 Å². The van der Waals surface area contributed by atoms with Crippen molar-refractivity contribution < 1.29 is 14.3 Å². The van der Waals surface area contributed by atoms with Gasteiger partial charge in [-0.25, -0.2) is 4.79 Å². The molecule has 154 valence electrons. The maximum atomic E-state index is 12.5. The number of nitrogens with zero attached hydrogens (tertiary/aromatic N) is 1. The van der Waals surface area contributed by atoms with Gasteiger partial charge in [0.2, 0.25) is 5.91 Å². The van der Waals surface area contributed by atoms with E-state index in [0.29, 0.717) is 19.0 Å². The molecule has 2 aliphatic rings. The number of carbonyl (C=O) groups excluding carboxylic acids is 2. The lowest BCUT2D eigenvalue weighted by Crippen LogP contribution is -2.50. The highest BCUT2D eigenvalue weighted by atomic mass is 16.5. The lowest BCUT2D eigenvalue weighted by Gasteiger charge is -2.29. The van der Waals surface area contributed by atoms with Crippen LogP contribution in [0.2, 0.25) is 0 Å². The number of rotatable bonds is 7. The van der Waals surface area contributed by atoms with Gasteiger partial charge in [0.25, 0.3) is 0 Å². The van der Waals surface area contributed by atoms with Crippen LogP contribution < -0.4 is 10.6 Å². The molecule has 0 aromatic heterocycles. The van der Waals surface area contributed by atoms with E-state index in [1.807, 2.05) is 18.2 Å². The van der Waals surface area contributed by atoms with Crippen LogP contribution in [0.5, 0.6) is 0 Å². The van der Waals surface area contributed by atoms with Crippen molar-refractivity contribution in [3.8, 4) is 0 Å². The lowest BCUT2D eigenvalue weighted by molar-refractivity contribution is -0.121. The van der Waals surface area contributed by atoms with E-state index in [1.54, 1.807) is 0 Å². The molecule has 1 heterocycles. The number of carbonyl (C=O) groups is 2. The minimum Gasteiger partial charge on any atom is -0.377 e. The Bertz CT molecular complexity index is 631. The van der Waals surface area contributed by atoms with Crippen molar-refractivity contribution in [3.63, 3.8) is 0 Å². The minimum atomic E-state index is -0.375. The van der Waals surface area contributed by atoms with Crippen molar-refractivity contribution in [2.24, 2.45) is 5.92 Å². The molecule has 0 bridgehead atoms. The van der Waals surface area contributed by atoms with Crippen LogP contribution in [0.25, 0.3) is 0 Å². The molecule has 28 heavy (non-hydrogen) atoms. The molecule has 3 unspecified atom stereocenters. The van der Waals surface area contributed by atoms with Crippen LogP contribution in [-0.2, 0) is 16.1 Å². The molecule has 1 saturated heterocycles. The Morgan fingerprint density at radius 1 is 1.11 bits per heavy atom. The molecule has 2 fully saturated rings. The zero-order valence-electron chi connectivity index (χ0n) is 16.9. The third-order valence-corrected chi connectivity index (χ3v) is 5.78. The molecule has 1 aliphatic heterocycles. The standard InChI is InChI=1S/C22H33N3O3/c1-17-8-5-6-12-20(17)23-22(27)24-21(26)16-25(15-19-11-7-13-28-19)14-18-9-3-2-4-10-18/h2-4,9-10,17,19-20H,5-8,11-16H2,1H3,(H2,23,24,26,27). The van der Waals surface area contributed by atoms with Gasteiger partial charge in [0.1, 0.15) is 0 Å². The SMILES string of the molecule is CC1CCCCC1NC(=O)NC(=O)CN(Cc1ccccc1)CC1CCCO1. The van der Waals surface area contributed by atoms with E-state index in [-0.39, 0.29) is 30.6 Å². The Morgan fingerprint density at radius 2 is 1.89 bits per heavy atom. The van der Waals surface area contributed by atoms with Crippen molar-refractivity contribution in [2.75, 3.05) is 19.7 Å². The summed E-state index contributed by atoms with van der Waals surface area (Å²) in [6.07, 6.45) is 6.72. The zero-order chi connectivity index (χ0) is 19.8. The van der Waals surface area contributed by atoms with E-state index in [4.69, 9.17) is 4.74 Å². The predicted molar refractivity (Wildman–Crippen MR) is 109 cm³/mol. The quantitative estimate of drug-likeness (QED) is 0.754. The van der Waals surface area contributed by atoms with E-state index < -0.39 is 0 Å². The van der Waals surface area contributed by atoms with E-state index in [2.05, 4.69) is 34.6 Å². The van der Waals surface area contributed by atoms with Gasteiger partial charge in [-0.1, -0.05) is 50.1 Å². The van der Waals surface area contributed by atoms with Crippen LogP contribution in [-0.4, -0.2) is 48.7 Å². The smallest absolute Gasteiger partial charge is 0.321 e. The highest BCUT2D eigenvalue weighted by Gasteiger charge is 2.25. The summed E-state index contributed by atoms with van der Waals surface area (Å²) in [5.74, 6) is 0.193. The van der Waals surface area contributed by atoms with Crippen molar-refractivity contribution >= 4 is 11.9 Å². The van der Waals surface area contributed by atoms with Gasteiger partial charge < -0.3 is 10.1 Å².